The molecule has 0 spiro atoms. The monoisotopic (exact) mass is 515 g/mol. The number of primary amides is 1. The summed E-state index contributed by atoms with van der Waals surface area (Å²) in [5.74, 6) is -7.08. The zero-order valence-electron chi connectivity index (χ0n) is 22.1. The normalized spacial score (nSPS) is 31.4. The van der Waals surface area contributed by atoms with Crippen LogP contribution in [0.1, 0.15) is 37.0 Å². The Bertz CT molecular complexity index is 1200. The summed E-state index contributed by atoms with van der Waals surface area (Å²) in [5.41, 5.74) is 4.82. The molecule has 1 aromatic carbocycles. The van der Waals surface area contributed by atoms with Crippen molar-refractivity contribution in [3.63, 3.8) is 0 Å². The van der Waals surface area contributed by atoms with Crippen LogP contribution in [0.3, 0.4) is 0 Å². The molecule has 0 saturated heterocycles. The predicted molar refractivity (Wildman–Crippen MR) is 137 cm³/mol. The van der Waals surface area contributed by atoms with Gasteiger partial charge < -0.3 is 36.0 Å². The number of ketones is 2. The van der Waals surface area contributed by atoms with Gasteiger partial charge in [0.2, 0.25) is 11.7 Å². The van der Waals surface area contributed by atoms with Gasteiger partial charge in [-0.05, 0) is 62.4 Å². The molecule has 0 aliphatic heterocycles. The van der Waals surface area contributed by atoms with E-state index in [9.17, 15) is 34.8 Å². The number of Topliss-reactive ketones (excluding diaryl/α,β-unsaturated/α-hetero) is 2. The molecule has 6 atom stereocenters. The average Bonchev–Trinajstić information content (AvgIpc) is 2.77. The second-order valence-electron chi connectivity index (χ2n) is 11.5. The second kappa shape index (κ2) is 9.11. The first-order valence-corrected chi connectivity index (χ1v) is 12.6. The summed E-state index contributed by atoms with van der Waals surface area (Å²) in [6.07, 6.45) is -0.597. The minimum absolute atomic E-state index is 0.0968. The topological polar surface area (TPSA) is 165 Å². The lowest BCUT2D eigenvalue weighted by Gasteiger charge is -2.53. The van der Waals surface area contributed by atoms with E-state index in [0.29, 0.717) is 17.5 Å². The van der Waals surface area contributed by atoms with E-state index in [1.54, 1.807) is 19.0 Å². The summed E-state index contributed by atoms with van der Waals surface area (Å²) in [4.78, 5) is 43.0. The third-order valence-corrected chi connectivity index (χ3v) is 8.25. The van der Waals surface area contributed by atoms with Crippen molar-refractivity contribution in [2.75, 3.05) is 33.1 Å². The first-order valence-electron chi connectivity index (χ1n) is 12.6. The van der Waals surface area contributed by atoms with E-state index in [1.807, 2.05) is 38.9 Å². The molecule has 37 heavy (non-hydrogen) atoms. The summed E-state index contributed by atoms with van der Waals surface area (Å²) in [6.45, 7) is 4.00. The molecule has 6 N–H and O–H groups in total. The van der Waals surface area contributed by atoms with Crippen molar-refractivity contribution in [3.05, 3.63) is 28.3 Å². The molecule has 0 bridgehead atoms. The molecule has 2 saturated carbocycles. The number of amides is 1. The number of anilines is 1. The molecule has 10 heteroatoms. The van der Waals surface area contributed by atoms with Crippen LogP contribution < -0.4 is 10.6 Å². The number of hydrogen-bond donors (Lipinski definition) is 5. The van der Waals surface area contributed by atoms with Crippen LogP contribution in [0.25, 0.3) is 5.76 Å². The van der Waals surface area contributed by atoms with E-state index in [2.05, 4.69) is 0 Å². The number of phenolic OH excluding ortho intramolecular Hbond substituents is 1. The highest BCUT2D eigenvalue weighted by Crippen LogP contribution is 2.53. The number of carbonyl (C=O) groups excluding carboxylic acids is 3. The number of rotatable bonds is 5. The number of carbonyl (C=O) groups is 3. The van der Waals surface area contributed by atoms with Gasteiger partial charge in [0.15, 0.2) is 11.4 Å². The molecule has 10 nitrogen and oxygen atoms in total. The van der Waals surface area contributed by atoms with Crippen LogP contribution in [-0.4, -0.2) is 88.7 Å². The van der Waals surface area contributed by atoms with E-state index in [4.69, 9.17) is 5.73 Å². The highest BCUT2D eigenvalue weighted by Gasteiger charge is 2.67. The van der Waals surface area contributed by atoms with Gasteiger partial charge in [0, 0.05) is 37.3 Å². The van der Waals surface area contributed by atoms with Gasteiger partial charge in [-0.2, -0.15) is 0 Å². The average molecular weight is 516 g/mol. The van der Waals surface area contributed by atoms with Crippen LogP contribution in [0.4, 0.5) is 5.69 Å². The summed E-state index contributed by atoms with van der Waals surface area (Å²) in [5, 5.41) is 45.3. The Morgan fingerprint density at radius 3 is 2.32 bits per heavy atom. The lowest BCUT2D eigenvalue weighted by molar-refractivity contribution is -0.184. The fraction of sp³-hybridized carbons (Fsp3) is 0.593. The minimum atomic E-state index is -2.65. The first kappa shape index (κ1) is 27.1. The van der Waals surface area contributed by atoms with E-state index in [0.717, 1.165) is 5.69 Å². The van der Waals surface area contributed by atoms with Gasteiger partial charge in [-0.1, -0.05) is 13.8 Å². The molecule has 2 unspecified atom stereocenters. The van der Waals surface area contributed by atoms with Crippen molar-refractivity contribution in [2.45, 2.75) is 50.9 Å². The molecule has 2 fully saturated rings. The number of fused-ring (bicyclic) bond motifs is 3. The van der Waals surface area contributed by atoms with Gasteiger partial charge in [-0.25, -0.2) is 0 Å². The van der Waals surface area contributed by atoms with Crippen LogP contribution in [0.2, 0.25) is 0 Å². The molecule has 0 heterocycles. The zero-order valence-corrected chi connectivity index (χ0v) is 22.1. The molecule has 0 radical (unpaired) electrons. The Morgan fingerprint density at radius 1 is 1.19 bits per heavy atom. The second-order valence-corrected chi connectivity index (χ2v) is 11.5. The molecule has 1 aromatic rings. The maximum atomic E-state index is 13.9. The molecular formula is C27H37N3O7. The SMILES string of the molecule is CC(C)Cc1cc(N(C)C)c2c(c1O)C(O)=C1C(=O)[C@@]3(O)C(=O)C(C(N)=O)C(O)[C@H](N(C)C)[C@H]3C[C@H]1C2. The first-order chi connectivity index (χ1) is 17.1. The van der Waals surface area contributed by atoms with Gasteiger partial charge in [0.25, 0.3) is 0 Å². The van der Waals surface area contributed by atoms with Crippen LogP contribution >= 0.6 is 0 Å². The molecule has 1 amide bonds. The van der Waals surface area contributed by atoms with Crippen molar-refractivity contribution in [1.29, 1.82) is 0 Å². The summed E-state index contributed by atoms with van der Waals surface area (Å²) in [7, 11) is 6.97. The van der Waals surface area contributed by atoms with Crippen molar-refractivity contribution >= 4 is 28.9 Å². The Morgan fingerprint density at radius 2 is 1.81 bits per heavy atom. The number of nitrogens with two attached hydrogens (primary N) is 1. The van der Waals surface area contributed by atoms with E-state index in [-0.39, 0.29) is 35.6 Å². The van der Waals surface area contributed by atoms with E-state index in [1.165, 1.54) is 0 Å². The maximum absolute atomic E-state index is 13.9. The van der Waals surface area contributed by atoms with Gasteiger partial charge in [0.1, 0.15) is 17.4 Å². The smallest absolute Gasteiger partial charge is 0.230 e. The summed E-state index contributed by atoms with van der Waals surface area (Å²) >= 11 is 0. The number of aromatic hydroxyl groups is 1. The lowest BCUT2D eigenvalue weighted by Crippen LogP contribution is -2.73. The van der Waals surface area contributed by atoms with Crippen LogP contribution in [0.5, 0.6) is 5.75 Å². The predicted octanol–water partition coefficient (Wildman–Crippen LogP) is 0.394. The van der Waals surface area contributed by atoms with E-state index >= 15 is 0 Å². The van der Waals surface area contributed by atoms with Crippen molar-refractivity contribution < 1.29 is 34.8 Å². The van der Waals surface area contributed by atoms with Crippen LogP contribution in [-0.2, 0) is 27.2 Å². The quantitative estimate of drug-likeness (QED) is 0.349. The van der Waals surface area contributed by atoms with Gasteiger partial charge in [-0.15, -0.1) is 0 Å². The largest absolute Gasteiger partial charge is 0.507 e. The Kier molecular flexibility index (Phi) is 6.67. The number of phenols is 1. The highest BCUT2D eigenvalue weighted by atomic mass is 16.3. The number of benzene rings is 1. The Labute approximate surface area is 216 Å². The Hall–Kier alpha value is -2.95. The molecule has 3 aliphatic rings. The molecule has 4 rings (SSSR count). The van der Waals surface area contributed by atoms with Crippen molar-refractivity contribution in [3.8, 4) is 5.75 Å². The molecule has 202 valence electrons. The molecule has 3 aliphatic carbocycles. The number of nitrogens with zero attached hydrogens (tertiary/aromatic N) is 2. The number of aliphatic hydroxyl groups is 3. The molecular weight excluding hydrogens is 478 g/mol. The third kappa shape index (κ3) is 3.84. The lowest BCUT2D eigenvalue weighted by atomic mass is 9.54. The Balaban J connectivity index is 1.95. The number of aliphatic hydroxyl groups excluding tert-OH is 2. The fourth-order valence-corrected chi connectivity index (χ4v) is 6.70. The van der Waals surface area contributed by atoms with Gasteiger partial charge in [0.05, 0.1) is 11.7 Å². The fourth-order valence-electron chi connectivity index (χ4n) is 6.70. The number of likely N-dealkylation sites (N-methyl/N-ethyl adjacent to an activating group) is 1. The standard InChI is InChI=1S/C27H37N3O7/c1-11(2)7-13-10-16(29(3)4)14-8-12-9-15-20(30(5)6)23(33)19(26(28)36)25(35)27(15,37)24(34)17(12)22(32)18(14)21(13)31/h10-12,15,19-20,23,31-33,37H,7-9H2,1-6H3,(H2,28,36)/t12-,15-,19?,20-,23?,27-/m1/s1. The van der Waals surface area contributed by atoms with Crippen LogP contribution in [0.15, 0.2) is 11.6 Å². The minimum Gasteiger partial charge on any atom is -0.507 e. The molecule has 0 aromatic heterocycles. The van der Waals surface area contributed by atoms with Crippen molar-refractivity contribution in [2.24, 2.45) is 29.4 Å². The van der Waals surface area contributed by atoms with E-state index < -0.39 is 58.7 Å². The van der Waals surface area contributed by atoms with Crippen LogP contribution in [0, 0.1) is 23.7 Å². The zero-order chi connectivity index (χ0) is 27.7. The van der Waals surface area contributed by atoms with Gasteiger partial charge in [-0.3, -0.25) is 14.4 Å². The third-order valence-electron chi connectivity index (χ3n) is 8.25. The number of hydrogen-bond acceptors (Lipinski definition) is 9. The van der Waals surface area contributed by atoms with Crippen molar-refractivity contribution in [1.82, 2.24) is 4.90 Å². The summed E-state index contributed by atoms with van der Waals surface area (Å²) < 4.78 is 0. The summed E-state index contributed by atoms with van der Waals surface area (Å²) in [6, 6.07) is 0.978. The highest BCUT2D eigenvalue weighted by molar-refractivity contribution is 6.25. The maximum Gasteiger partial charge on any atom is 0.230 e. The van der Waals surface area contributed by atoms with Gasteiger partial charge >= 0.3 is 0 Å².